The Balaban J connectivity index is 1.71. The first kappa shape index (κ1) is 14.9. The van der Waals surface area contributed by atoms with Crippen LogP contribution in [0.25, 0.3) is 0 Å². The van der Waals surface area contributed by atoms with E-state index >= 15 is 0 Å². The Morgan fingerprint density at radius 1 is 1.00 bits per heavy atom. The molecule has 2 aromatic rings. The molecular weight excluding hydrogens is 273 g/mol. The van der Waals surface area contributed by atoms with Crippen molar-refractivity contribution < 1.29 is 9.13 Å². The van der Waals surface area contributed by atoms with Crippen LogP contribution in [-0.2, 0) is 6.42 Å². The lowest BCUT2D eigenvalue weighted by molar-refractivity contribution is 0.344. The predicted molar refractivity (Wildman–Crippen MR) is 81.8 cm³/mol. The molecule has 0 aliphatic heterocycles. The number of hydrogen-bond donors (Lipinski definition) is 1. The highest BCUT2D eigenvalue weighted by Crippen LogP contribution is 2.18. The van der Waals surface area contributed by atoms with Crippen LogP contribution >= 0.6 is 11.8 Å². The van der Waals surface area contributed by atoms with Gasteiger partial charge in [-0.15, -0.1) is 11.8 Å². The van der Waals surface area contributed by atoms with Crippen LogP contribution < -0.4 is 10.5 Å². The van der Waals surface area contributed by atoms with Gasteiger partial charge in [-0.3, -0.25) is 0 Å². The molecule has 2 rings (SSSR count). The molecule has 0 atom stereocenters. The quantitative estimate of drug-likeness (QED) is 0.626. The first-order chi connectivity index (χ1) is 9.78. The number of halogens is 1. The summed E-state index contributed by atoms with van der Waals surface area (Å²) in [6.07, 6.45) is 0.890. The van der Waals surface area contributed by atoms with E-state index in [9.17, 15) is 4.39 Å². The van der Waals surface area contributed by atoms with Crippen molar-refractivity contribution in [2.75, 3.05) is 18.9 Å². The zero-order valence-corrected chi connectivity index (χ0v) is 12.0. The van der Waals surface area contributed by atoms with Gasteiger partial charge in [-0.05, 0) is 54.9 Å². The van der Waals surface area contributed by atoms with Gasteiger partial charge in [0, 0.05) is 10.6 Å². The van der Waals surface area contributed by atoms with Gasteiger partial charge < -0.3 is 10.5 Å². The second-order valence-corrected chi connectivity index (χ2v) is 5.50. The van der Waals surface area contributed by atoms with Gasteiger partial charge in [-0.25, -0.2) is 4.39 Å². The van der Waals surface area contributed by atoms with Crippen LogP contribution in [0, 0.1) is 5.82 Å². The third-order valence-corrected chi connectivity index (χ3v) is 3.77. The second-order valence-electron chi connectivity index (χ2n) is 4.33. The molecule has 2 N–H and O–H groups in total. The molecule has 0 heterocycles. The standard InChI is InChI=1S/C16H18FNOS/c17-14-3-7-16(8-4-14)20-12-11-19-15-5-1-13(2-6-15)9-10-18/h1-8H,9-12,18H2. The average molecular weight is 291 g/mol. The molecular formula is C16H18FNOS. The Morgan fingerprint density at radius 3 is 2.35 bits per heavy atom. The van der Waals surface area contributed by atoms with E-state index < -0.39 is 0 Å². The van der Waals surface area contributed by atoms with Crippen LogP contribution in [0.15, 0.2) is 53.4 Å². The zero-order chi connectivity index (χ0) is 14.2. The third-order valence-electron chi connectivity index (χ3n) is 2.79. The Kier molecular flexibility index (Phi) is 5.89. The van der Waals surface area contributed by atoms with Crippen LogP contribution in [0.4, 0.5) is 4.39 Å². The molecule has 106 valence electrons. The lowest BCUT2D eigenvalue weighted by Crippen LogP contribution is -2.03. The lowest BCUT2D eigenvalue weighted by Gasteiger charge is -2.07. The molecule has 0 radical (unpaired) electrons. The molecule has 0 saturated heterocycles. The topological polar surface area (TPSA) is 35.2 Å². The van der Waals surface area contributed by atoms with Crippen LogP contribution in [0.5, 0.6) is 5.75 Å². The van der Waals surface area contributed by atoms with Crippen LogP contribution in [0.3, 0.4) is 0 Å². The molecule has 0 unspecified atom stereocenters. The molecule has 0 fully saturated rings. The van der Waals surface area contributed by atoms with Crippen LogP contribution in [0.2, 0.25) is 0 Å². The Bertz CT molecular complexity index is 513. The minimum atomic E-state index is -0.205. The lowest BCUT2D eigenvalue weighted by atomic mass is 10.1. The highest BCUT2D eigenvalue weighted by atomic mass is 32.2. The fourth-order valence-corrected chi connectivity index (χ4v) is 2.50. The molecule has 0 spiro atoms. The molecule has 0 amide bonds. The van der Waals surface area contributed by atoms with E-state index in [2.05, 4.69) is 0 Å². The van der Waals surface area contributed by atoms with Crippen molar-refractivity contribution in [1.82, 2.24) is 0 Å². The van der Waals surface area contributed by atoms with Gasteiger partial charge in [0.2, 0.25) is 0 Å². The number of ether oxygens (including phenoxy) is 1. The van der Waals surface area contributed by atoms with Gasteiger partial charge in [0.05, 0.1) is 6.61 Å². The number of hydrogen-bond acceptors (Lipinski definition) is 3. The van der Waals surface area contributed by atoms with Crippen molar-refractivity contribution in [2.24, 2.45) is 5.73 Å². The largest absolute Gasteiger partial charge is 0.493 e. The summed E-state index contributed by atoms with van der Waals surface area (Å²) in [4.78, 5) is 1.05. The van der Waals surface area contributed by atoms with Crippen molar-refractivity contribution in [3.63, 3.8) is 0 Å². The summed E-state index contributed by atoms with van der Waals surface area (Å²) in [7, 11) is 0. The van der Waals surface area contributed by atoms with Gasteiger partial charge in [0.15, 0.2) is 0 Å². The van der Waals surface area contributed by atoms with E-state index in [0.717, 1.165) is 22.8 Å². The van der Waals surface area contributed by atoms with Gasteiger partial charge in [0.25, 0.3) is 0 Å². The van der Waals surface area contributed by atoms with Crippen molar-refractivity contribution in [3.8, 4) is 5.75 Å². The molecule has 4 heteroatoms. The summed E-state index contributed by atoms with van der Waals surface area (Å²) in [5.41, 5.74) is 6.73. The van der Waals surface area contributed by atoms with E-state index in [0.29, 0.717) is 13.2 Å². The summed E-state index contributed by atoms with van der Waals surface area (Å²) in [6, 6.07) is 14.5. The van der Waals surface area contributed by atoms with Crippen molar-refractivity contribution in [3.05, 3.63) is 59.9 Å². The van der Waals surface area contributed by atoms with E-state index in [1.54, 1.807) is 23.9 Å². The van der Waals surface area contributed by atoms with Gasteiger partial charge in [-0.1, -0.05) is 12.1 Å². The smallest absolute Gasteiger partial charge is 0.123 e. The summed E-state index contributed by atoms with van der Waals surface area (Å²) in [6.45, 7) is 1.28. The van der Waals surface area contributed by atoms with E-state index in [4.69, 9.17) is 10.5 Å². The monoisotopic (exact) mass is 291 g/mol. The first-order valence-corrected chi connectivity index (χ1v) is 7.56. The fraction of sp³-hybridized carbons (Fsp3) is 0.250. The summed E-state index contributed by atoms with van der Waals surface area (Å²) < 4.78 is 18.4. The highest BCUT2D eigenvalue weighted by molar-refractivity contribution is 7.99. The molecule has 2 aromatic carbocycles. The van der Waals surface area contributed by atoms with Crippen LogP contribution in [0.1, 0.15) is 5.56 Å². The molecule has 0 saturated carbocycles. The van der Waals surface area contributed by atoms with Crippen molar-refractivity contribution >= 4 is 11.8 Å². The van der Waals surface area contributed by atoms with Crippen molar-refractivity contribution in [1.29, 1.82) is 0 Å². The molecule has 0 aliphatic carbocycles. The molecule has 2 nitrogen and oxygen atoms in total. The summed E-state index contributed by atoms with van der Waals surface area (Å²) in [5.74, 6) is 1.49. The van der Waals surface area contributed by atoms with Gasteiger partial charge in [0.1, 0.15) is 11.6 Å². The molecule has 0 bridgehead atoms. The maximum absolute atomic E-state index is 12.7. The highest BCUT2D eigenvalue weighted by Gasteiger charge is 1.97. The fourth-order valence-electron chi connectivity index (χ4n) is 1.77. The molecule has 0 aliphatic rings. The summed E-state index contributed by atoms with van der Waals surface area (Å²) >= 11 is 1.65. The van der Waals surface area contributed by atoms with Crippen molar-refractivity contribution in [2.45, 2.75) is 11.3 Å². The summed E-state index contributed by atoms with van der Waals surface area (Å²) in [5, 5.41) is 0. The van der Waals surface area contributed by atoms with Gasteiger partial charge >= 0.3 is 0 Å². The van der Waals surface area contributed by atoms with E-state index in [1.807, 2.05) is 24.3 Å². The van der Waals surface area contributed by atoms with Crippen LogP contribution in [-0.4, -0.2) is 18.9 Å². The van der Waals surface area contributed by atoms with E-state index in [1.165, 1.54) is 17.7 Å². The van der Waals surface area contributed by atoms with E-state index in [-0.39, 0.29) is 5.82 Å². The Hall–Kier alpha value is -1.52. The van der Waals surface area contributed by atoms with Gasteiger partial charge in [-0.2, -0.15) is 0 Å². The SMILES string of the molecule is NCCc1ccc(OCCSc2ccc(F)cc2)cc1. The Morgan fingerprint density at radius 2 is 1.70 bits per heavy atom. The average Bonchev–Trinajstić information content (AvgIpc) is 2.47. The number of nitrogens with two attached hydrogens (primary N) is 1. The number of benzene rings is 2. The predicted octanol–water partition coefficient (Wildman–Crippen LogP) is 3.50. The second kappa shape index (κ2) is 7.92. The Labute approximate surface area is 123 Å². The maximum Gasteiger partial charge on any atom is 0.123 e. The third kappa shape index (κ3) is 4.87. The first-order valence-electron chi connectivity index (χ1n) is 6.58. The number of rotatable bonds is 7. The zero-order valence-electron chi connectivity index (χ0n) is 11.2. The number of thioether (sulfide) groups is 1. The minimum Gasteiger partial charge on any atom is -0.493 e. The maximum atomic E-state index is 12.7. The molecule has 0 aromatic heterocycles. The normalized spacial score (nSPS) is 10.5. The molecule has 20 heavy (non-hydrogen) atoms. The minimum absolute atomic E-state index is 0.205.